The summed E-state index contributed by atoms with van der Waals surface area (Å²) < 4.78 is 5.24. The van der Waals surface area contributed by atoms with E-state index in [2.05, 4.69) is 15.4 Å². The van der Waals surface area contributed by atoms with Gasteiger partial charge in [0, 0.05) is 0 Å². The zero-order valence-corrected chi connectivity index (χ0v) is 8.26. The van der Waals surface area contributed by atoms with Gasteiger partial charge in [-0.3, -0.25) is 0 Å². The van der Waals surface area contributed by atoms with Gasteiger partial charge in [-0.05, 0) is 0 Å². The van der Waals surface area contributed by atoms with Gasteiger partial charge in [-0.15, -0.1) is 0 Å². The summed E-state index contributed by atoms with van der Waals surface area (Å²) in [6, 6.07) is 0. The second-order valence-corrected chi connectivity index (χ2v) is 3.64. The first-order valence-corrected chi connectivity index (χ1v) is 4.81. The van der Waals surface area contributed by atoms with Crippen molar-refractivity contribution in [3.63, 3.8) is 0 Å². The summed E-state index contributed by atoms with van der Waals surface area (Å²) >= 11 is 0. The molecule has 0 bridgehead atoms. The third kappa shape index (κ3) is 1.81. The molecule has 1 aliphatic rings. The molecule has 1 aromatic rings. The molecule has 8 nitrogen and oxygen atoms in total. The smallest absolute Gasteiger partial charge is 0.132 e. The molecular weight excluding hydrogens is 218 g/mol. The molecule has 0 unspecified atom stereocenters. The molecule has 16 heavy (non-hydrogen) atoms. The Morgan fingerprint density at radius 3 is 2.56 bits per heavy atom. The van der Waals surface area contributed by atoms with Crippen LogP contribution in [-0.4, -0.2) is 66.9 Å². The van der Waals surface area contributed by atoms with E-state index in [0.29, 0.717) is 5.69 Å². The lowest BCUT2D eigenvalue weighted by Crippen LogP contribution is -2.55. The molecule has 1 fully saturated rings. The van der Waals surface area contributed by atoms with Gasteiger partial charge in [-0.25, -0.2) is 0 Å². The second-order valence-electron chi connectivity index (χ2n) is 3.64. The van der Waals surface area contributed by atoms with Crippen LogP contribution < -0.4 is 0 Å². The fraction of sp³-hybridized carbons (Fsp3) is 0.750. The number of nitrogens with zero attached hydrogens (tertiary/aromatic N) is 2. The third-order valence-electron chi connectivity index (χ3n) is 2.62. The van der Waals surface area contributed by atoms with Crippen LogP contribution in [0.15, 0.2) is 6.20 Å². The van der Waals surface area contributed by atoms with Crippen molar-refractivity contribution in [1.29, 1.82) is 0 Å². The Hall–Kier alpha value is -1.06. The Labute approximate surface area is 90.5 Å². The van der Waals surface area contributed by atoms with Gasteiger partial charge in [0.2, 0.25) is 0 Å². The minimum absolute atomic E-state index is 0.303. The van der Waals surface area contributed by atoms with Crippen molar-refractivity contribution < 1.29 is 25.2 Å². The fourth-order valence-electron chi connectivity index (χ4n) is 1.69. The van der Waals surface area contributed by atoms with Crippen molar-refractivity contribution >= 4 is 0 Å². The molecule has 1 aromatic heterocycles. The Morgan fingerprint density at radius 2 is 2.00 bits per heavy atom. The third-order valence-corrected chi connectivity index (χ3v) is 2.62. The van der Waals surface area contributed by atoms with E-state index in [4.69, 9.17) is 9.84 Å². The van der Waals surface area contributed by atoms with E-state index in [1.165, 1.54) is 6.20 Å². The lowest BCUT2D eigenvalue weighted by molar-refractivity contribution is -0.232. The van der Waals surface area contributed by atoms with Crippen LogP contribution in [0.3, 0.4) is 0 Å². The first-order valence-electron chi connectivity index (χ1n) is 4.81. The SMILES string of the molecule is OC[C@H]1O[C@H](c2cn[nH]n2)[C@H](O)[C@@H](O)[C@@H]1O. The summed E-state index contributed by atoms with van der Waals surface area (Å²) in [4.78, 5) is 0. The Morgan fingerprint density at radius 1 is 1.25 bits per heavy atom. The zero-order chi connectivity index (χ0) is 11.7. The number of hydrogen-bond donors (Lipinski definition) is 5. The van der Waals surface area contributed by atoms with E-state index >= 15 is 0 Å². The van der Waals surface area contributed by atoms with E-state index < -0.39 is 37.1 Å². The highest BCUT2D eigenvalue weighted by Gasteiger charge is 2.44. The van der Waals surface area contributed by atoms with Gasteiger partial charge in [0.1, 0.15) is 36.2 Å². The number of hydrogen-bond acceptors (Lipinski definition) is 7. The number of H-pyrrole nitrogens is 1. The van der Waals surface area contributed by atoms with Gasteiger partial charge in [0.15, 0.2) is 0 Å². The van der Waals surface area contributed by atoms with Crippen LogP contribution in [0.5, 0.6) is 0 Å². The average molecular weight is 231 g/mol. The van der Waals surface area contributed by atoms with Gasteiger partial charge in [0.05, 0.1) is 12.8 Å². The highest BCUT2D eigenvalue weighted by molar-refractivity contribution is 5.05. The largest absolute Gasteiger partial charge is 0.394 e. The summed E-state index contributed by atoms with van der Waals surface area (Å²) in [6.45, 7) is -0.459. The molecule has 5 N–H and O–H groups in total. The summed E-state index contributed by atoms with van der Waals surface area (Å²) in [5.41, 5.74) is 0.303. The van der Waals surface area contributed by atoms with Gasteiger partial charge in [-0.1, -0.05) is 0 Å². The molecule has 2 rings (SSSR count). The normalized spacial score (nSPS) is 39.9. The molecule has 0 saturated carbocycles. The van der Waals surface area contributed by atoms with Crippen LogP contribution in [0, 0.1) is 0 Å². The van der Waals surface area contributed by atoms with Crippen LogP contribution in [0.25, 0.3) is 0 Å². The van der Waals surface area contributed by atoms with Crippen molar-refractivity contribution in [2.75, 3.05) is 6.61 Å². The van der Waals surface area contributed by atoms with Crippen LogP contribution in [0.1, 0.15) is 11.8 Å². The first-order chi connectivity index (χ1) is 7.65. The Kier molecular flexibility index (Phi) is 3.17. The number of aliphatic hydroxyl groups excluding tert-OH is 4. The van der Waals surface area contributed by atoms with E-state index in [0.717, 1.165) is 0 Å². The van der Waals surface area contributed by atoms with E-state index in [1.54, 1.807) is 0 Å². The minimum atomic E-state index is -1.40. The van der Waals surface area contributed by atoms with Gasteiger partial charge >= 0.3 is 0 Å². The molecular formula is C8H13N3O5. The highest BCUT2D eigenvalue weighted by Crippen LogP contribution is 2.30. The quantitative estimate of drug-likeness (QED) is 0.374. The number of aliphatic hydroxyl groups is 4. The van der Waals surface area contributed by atoms with Crippen molar-refractivity contribution in [1.82, 2.24) is 15.4 Å². The number of rotatable bonds is 2. The number of ether oxygens (including phenoxy) is 1. The lowest BCUT2D eigenvalue weighted by atomic mass is 9.94. The molecule has 8 heteroatoms. The molecule has 5 atom stereocenters. The standard InChI is InChI=1S/C8H13N3O5/c12-2-4-5(13)6(14)7(15)8(16-4)3-1-9-11-10-3/h1,4-8,12-15H,2H2,(H,9,10,11)/t4-,5-,6+,7-,8-/m1/s1. The van der Waals surface area contributed by atoms with Gasteiger partial charge in [-0.2, -0.15) is 15.4 Å². The Bertz CT molecular complexity index is 330. The molecule has 2 heterocycles. The number of aromatic nitrogens is 3. The van der Waals surface area contributed by atoms with Crippen molar-refractivity contribution in [3.05, 3.63) is 11.9 Å². The van der Waals surface area contributed by atoms with E-state index in [9.17, 15) is 15.3 Å². The molecule has 0 spiro atoms. The maximum absolute atomic E-state index is 9.69. The van der Waals surface area contributed by atoms with Crippen LogP contribution in [0.4, 0.5) is 0 Å². The molecule has 1 saturated heterocycles. The monoisotopic (exact) mass is 231 g/mol. The summed E-state index contributed by atoms with van der Waals surface area (Å²) in [6.07, 6.45) is -4.58. The predicted octanol–water partition coefficient (Wildman–Crippen LogP) is -2.68. The fourth-order valence-corrected chi connectivity index (χ4v) is 1.69. The van der Waals surface area contributed by atoms with Crippen LogP contribution >= 0.6 is 0 Å². The van der Waals surface area contributed by atoms with Crippen molar-refractivity contribution in [2.24, 2.45) is 0 Å². The zero-order valence-electron chi connectivity index (χ0n) is 8.26. The van der Waals surface area contributed by atoms with Crippen molar-refractivity contribution in [3.8, 4) is 0 Å². The summed E-state index contributed by atoms with van der Waals surface area (Å²) in [7, 11) is 0. The molecule has 0 aromatic carbocycles. The van der Waals surface area contributed by atoms with Crippen molar-refractivity contribution in [2.45, 2.75) is 30.5 Å². The minimum Gasteiger partial charge on any atom is -0.394 e. The second kappa shape index (κ2) is 4.44. The van der Waals surface area contributed by atoms with E-state index in [1.807, 2.05) is 0 Å². The molecule has 0 aliphatic carbocycles. The number of aromatic amines is 1. The molecule has 0 amide bonds. The maximum Gasteiger partial charge on any atom is 0.132 e. The maximum atomic E-state index is 9.69. The first kappa shape index (κ1) is 11.4. The van der Waals surface area contributed by atoms with E-state index in [-0.39, 0.29) is 0 Å². The number of nitrogens with one attached hydrogen (secondary N) is 1. The van der Waals surface area contributed by atoms with Crippen LogP contribution in [0.2, 0.25) is 0 Å². The average Bonchev–Trinajstić information content (AvgIpc) is 2.80. The Balaban J connectivity index is 2.20. The summed E-state index contributed by atoms with van der Waals surface area (Å²) in [5.74, 6) is 0. The lowest BCUT2D eigenvalue weighted by Gasteiger charge is -2.39. The predicted molar refractivity (Wildman–Crippen MR) is 49.1 cm³/mol. The molecule has 0 radical (unpaired) electrons. The molecule has 1 aliphatic heterocycles. The van der Waals surface area contributed by atoms with Crippen LogP contribution in [-0.2, 0) is 4.74 Å². The molecule has 90 valence electrons. The van der Waals surface area contributed by atoms with Gasteiger partial charge < -0.3 is 25.2 Å². The highest BCUT2D eigenvalue weighted by atomic mass is 16.5. The van der Waals surface area contributed by atoms with Gasteiger partial charge in [0.25, 0.3) is 0 Å². The summed E-state index contributed by atoms with van der Waals surface area (Å²) in [5, 5.41) is 47.3. The topological polar surface area (TPSA) is 132 Å².